The van der Waals surface area contributed by atoms with Crippen molar-refractivity contribution >= 4 is 17.2 Å². The van der Waals surface area contributed by atoms with E-state index in [-0.39, 0.29) is 17.2 Å². The predicted octanol–water partition coefficient (Wildman–Crippen LogP) is 3.40. The first-order valence-corrected chi connectivity index (χ1v) is 7.47. The maximum absolute atomic E-state index is 13.8. The molecule has 1 heterocycles. The number of ether oxygens (including phenoxy) is 1. The van der Waals surface area contributed by atoms with E-state index in [4.69, 9.17) is 4.74 Å². The van der Waals surface area contributed by atoms with Crippen molar-refractivity contribution in [1.29, 1.82) is 0 Å². The first-order chi connectivity index (χ1) is 10.4. The molecule has 1 aromatic carbocycles. The summed E-state index contributed by atoms with van der Waals surface area (Å²) in [7, 11) is 3.08. The van der Waals surface area contributed by atoms with Crippen LogP contribution in [0.5, 0.6) is 0 Å². The molecule has 0 aliphatic rings. The van der Waals surface area contributed by atoms with E-state index in [1.54, 1.807) is 19.4 Å². The van der Waals surface area contributed by atoms with Crippen molar-refractivity contribution in [3.05, 3.63) is 51.5 Å². The molecule has 2 aromatic rings. The van der Waals surface area contributed by atoms with Crippen LogP contribution in [0.25, 0.3) is 0 Å². The van der Waals surface area contributed by atoms with E-state index in [1.165, 1.54) is 23.3 Å². The van der Waals surface area contributed by atoms with Crippen LogP contribution >= 0.6 is 11.3 Å². The van der Waals surface area contributed by atoms with Crippen LogP contribution in [0.15, 0.2) is 23.6 Å². The lowest BCUT2D eigenvalue weighted by molar-refractivity contribution is 0.0734. The number of benzene rings is 1. The summed E-state index contributed by atoms with van der Waals surface area (Å²) in [6.07, 6.45) is 0. The average Bonchev–Trinajstić information content (AvgIpc) is 2.96. The van der Waals surface area contributed by atoms with Crippen LogP contribution < -0.4 is 0 Å². The van der Waals surface area contributed by atoms with Gasteiger partial charge in [0.15, 0.2) is 0 Å². The summed E-state index contributed by atoms with van der Waals surface area (Å²) in [5.74, 6) is -1.44. The summed E-state index contributed by atoms with van der Waals surface area (Å²) in [5, 5.41) is 2.31. The van der Waals surface area contributed by atoms with Gasteiger partial charge in [0.25, 0.3) is 5.91 Å². The van der Waals surface area contributed by atoms with Crippen molar-refractivity contribution in [3.8, 4) is 0 Å². The van der Waals surface area contributed by atoms with Crippen LogP contribution in [0.1, 0.15) is 34.0 Å². The van der Waals surface area contributed by atoms with Gasteiger partial charge in [0.05, 0.1) is 12.6 Å². The molecule has 1 amide bonds. The fourth-order valence-electron chi connectivity index (χ4n) is 2.00. The number of thiazole rings is 1. The van der Waals surface area contributed by atoms with E-state index in [2.05, 4.69) is 4.98 Å². The fraction of sp³-hybridized carbons (Fsp3) is 0.333. The van der Waals surface area contributed by atoms with Crippen LogP contribution in [0.3, 0.4) is 0 Å². The van der Waals surface area contributed by atoms with E-state index < -0.39 is 17.7 Å². The molecule has 0 spiro atoms. The molecular weight excluding hydrogens is 310 g/mol. The number of methoxy groups -OCH3 is 1. The number of hydrogen-bond acceptors (Lipinski definition) is 4. The normalized spacial score (nSPS) is 12.2. The Morgan fingerprint density at radius 2 is 2.18 bits per heavy atom. The highest BCUT2D eigenvalue weighted by Crippen LogP contribution is 2.24. The number of nitrogens with zero attached hydrogens (tertiary/aromatic N) is 2. The lowest BCUT2D eigenvalue weighted by atomic mass is 10.1. The third-order valence-electron chi connectivity index (χ3n) is 3.35. The summed E-state index contributed by atoms with van der Waals surface area (Å²) in [4.78, 5) is 17.9. The highest BCUT2D eigenvalue weighted by molar-refractivity contribution is 7.09. The molecule has 0 aliphatic heterocycles. The lowest BCUT2D eigenvalue weighted by Gasteiger charge is -2.25. The Kier molecular flexibility index (Phi) is 5.20. The molecule has 0 radical (unpaired) electrons. The predicted molar refractivity (Wildman–Crippen MR) is 79.7 cm³/mol. The first kappa shape index (κ1) is 16.5. The minimum Gasteiger partial charge on any atom is -0.378 e. The SMILES string of the molecule is COCc1nc(C(=O)N(C)C(C)c2cc(F)ccc2F)cs1. The van der Waals surface area contributed by atoms with E-state index in [0.29, 0.717) is 11.6 Å². The zero-order chi connectivity index (χ0) is 16.3. The van der Waals surface area contributed by atoms with Gasteiger partial charge in [-0.1, -0.05) is 0 Å². The van der Waals surface area contributed by atoms with Gasteiger partial charge in [-0.05, 0) is 25.1 Å². The van der Waals surface area contributed by atoms with Crippen molar-refractivity contribution < 1.29 is 18.3 Å². The molecule has 0 aliphatic carbocycles. The van der Waals surface area contributed by atoms with Gasteiger partial charge in [0, 0.05) is 25.1 Å². The molecule has 118 valence electrons. The van der Waals surface area contributed by atoms with E-state index in [0.717, 1.165) is 18.2 Å². The summed E-state index contributed by atoms with van der Waals surface area (Å²) in [6, 6.07) is 2.58. The van der Waals surface area contributed by atoms with E-state index >= 15 is 0 Å². The van der Waals surface area contributed by atoms with Gasteiger partial charge >= 0.3 is 0 Å². The van der Waals surface area contributed by atoms with Gasteiger partial charge in [0.1, 0.15) is 22.3 Å². The third-order valence-corrected chi connectivity index (χ3v) is 4.17. The van der Waals surface area contributed by atoms with Crippen molar-refractivity contribution in [3.63, 3.8) is 0 Å². The standard InChI is InChI=1S/C15H16F2N2O2S/c1-9(11-6-10(16)4-5-12(11)17)19(2)15(20)13-8-22-14(18-13)7-21-3/h4-6,8-9H,7H2,1-3H3. The Balaban J connectivity index is 2.20. The Labute approximate surface area is 131 Å². The van der Waals surface area contributed by atoms with Crippen LogP contribution in [-0.4, -0.2) is 29.9 Å². The van der Waals surface area contributed by atoms with Gasteiger partial charge in [-0.25, -0.2) is 13.8 Å². The quantitative estimate of drug-likeness (QED) is 0.846. The van der Waals surface area contributed by atoms with Gasteiger partial charge < -0.3 is 9.64 Å². The fourth-order valence-corrected chi connectivity index (χ4v) is 2.74. The highest BCUT2D eigenvalue weighted by Gasteiger charge is 2.23. The number of aromatic nitrogens is 1. The third kappa shape index (κ3) is 3.48. The molecule has 1 unspecified atom stereocenters. The van der Waals surface area contributed by atoms with Crippen LogP contribution in [-0.2, 0) is 11.3 Å². The minimum atomic E-state index is -0.615. The summed E-state index contributed by atoms with van der Waals surface area (Å²) < 4.78 is 32.1. The monoisotopic (exact) mass is 326 g/mol. The largest absolute Gasteiger partial charge is 0.378 e. The maximum Gasteiger partial charge on any atom is 0.273 e. The molecule has 7 heteroatoms. The van der Waals surface area contributed by atoms with Crippen molar-refractivity contribution in [1.82, 2.24) is 9.88 Å². The second-order valence-corrected chi connectivity index (χ2v) is 5.76. The number of carbonyl (C=O) groups excluding carboxylic acids is 1. The van der Waals surface area contributed by atoms with Gasteiger partial charge in [0.2, 0.25) is 0 Å². The molecule has 2 rings (SSSR count). The smallest absolute Gasteiger partial charge is 0.273 e. The number of amides is 1. The molecule has 1 aromatic heterocycles. The Morgan fingerprint density at radius 3 is 2.86 bits per heavy atom. The van der Waals surface area contributed by atoms with Gasteiger partial charge in [-0.15, -0.1) is 11.3 Å². The molecule has 0 saturated carbocycles. The zero-order valence-corrected chi connectivity index (χ0v) is 13.3. The Morgan fingerprint density at radius 1 is 1.45 bits per heavy atom. The topological polar surface area (TPSA) is 42.4 Å². The molecule has 4 nitrogen and oxygen atoms in total. The lowest BCUT2D eigenvalue weighted by Crippen LogP contribution is -2.30. The molecular formula is C15H16F2N2O2S. The molecule has 22 heavy (non-hydrogen) atoms. The molecule has 0 saturated heterocycles. The number of carbonyl (C=O) groups is 1. The average molecular weight is 326 g/mol. The van der Waals surface area contributed by atoms with Crippen LogP contribution in [0.2, 0.25) is 0 Å². The van der Waals surface area contributed by atoms with Crippen molar-refractivity contribution in [2.45, 2.75) is 19.6 Å². The molecule has 0 bridgehead atoms. The Hall–Kier alpha value is -1.86. The zero-order valence-electron chi connectivity index (χ0n) is 12.5. The number of rotatable bonds is 5. The summed E-state index contributed by atoms with van der Waals surface area (Å²) in [6.45, 7) is 1.97. The minimum absolute atomic E-state index is 0.128. The Bertz CT molecular complexity index is 675. The molecule has 1 atom stereocenters. The van der Waals surface area contributed by atoms with Crippen LogP contribution in [0, 0.1) is 11.6 Å². The molecule has 0 fully saturated rings. The number of hydrogen-bond donors (Lipinski definition) is 0. The van der Waals surface area contributed by atoms with Crippen molar-refractivity contribution in [2.24, 2.45) is 0 Å². The number of halogens is 2. The summed E-state index contributed by atoms with van der Waals surface area (Å²) >= 11 is 1.32. The summed E-state index contributed by atoms with van der Waals surface area (Å²) in [5.41, 5.74) is 0.395. The first-order valence-electron chi connectivity index (χ1n) is 6.59. The second kappa shape index (κ2) is 6.93. The van der Waals surface area contributed by atoms with E-state index in [9.17, 15) is 13.6 Å². The van der Waals surface area contributed by atoms with Gasteiger partial charge in [-0.2, -0.15) is 0 Å². The maximum atomic E-state index is 13.8. The highest BCUT2D eigenvalue weighted by atomic mass is 32.1. The van der Waals surface area contributed by atoms with Crippen molar-refractivity contribution in [2.75, 3.05) is 14.2 Å². The van der Waals surface area contributed by atoms with Crippen LogP contribution in [0.4, 0.5) is 8.78 Å². The molecule has 0 N–H and O–H groups in total. The van der Waals surface area contributed by atoms with Gasteiger partial charge in [-0.3, -0.25) is 4.79 Å². The van der Waals surface area contributed by atoms with E-state index in [1.807, 2.05) is 0 Å². The second-order valence-electron chi connectivity index (χ2n) is 4.82.